The number of hydrogen-bond donors (Lipinski definition) is 0. The fraction of sp³-hybridized carbons (Fsp3) is 0.0625. The first-order valence-electron chi connectivity index (χ1n) is 5.88. The third-order valence-electron chi connectivity index (χ3n) is 2.93. The molecular formula is C16H11NO3. The van der Waals surface area contributed by atoms with Gasteiger partial charge >= 0.3 is 0 Å². The number of nitriles is 1. The lowest BCUT2D eigenvalue weighted by Crippen LogP contribution is -2.06. The zero-order chi connectivity index (χ0) is 14.5. The molecule has 0 atom stereocenters. The summed E-state index contributed by atoms with van der Waals surface area (Å²) < 4.78 is 5.03. The highest BCUT2D eigenvalue weighted by molar-refractivity contribution is 6.11. The van der Waals surface area contributed by atoms with Crippen LogP contribution in [0.25, 0.3) is 0 Å². The Hall–Kier alpha value is -2.93. The monoisotopic (exact) mass is 265 g/mol. The molecule has 0 aliphatic heterocycles. The van der Waals surface area contributed by atoms with Gasteiger partial charge in [-0.05, 0) is 30.3 Å². The highest BCUT2D eigenvalue weighted by Crippen LogP contribution is 2.19. The summed E-state index contributed by atoms with van der Waals surface area (Å²) >= 11 is 0. The van der Waals surface area contributed by atoms with E-state index in [1.54, 1.807) is 30.3 Å². The molecule has 20 heavy (non-hydrogen) atoms. The maximum Gasteiger partial charge on any atom is 0.194 e. The molecule has 0 bridgehead atoms. The number of aldehydes is 1. The summed E-state index contributed by atoms with van der Waals surface area (Å²) in [5.74, 6) is 0.344. The number of ketones is 1. The van der Waals surface area contributed by atoms with Crippen molar-refractivity contribution in [3.8, 4) is 11.8 Å². The summed E-state index contributed by atoms with van der Waals surface area (Å²) in [6, 6.07) is 13.1. The predicted octanol–water partition coefficient (Wildman–Crippen LogP) is 2.61. The van der Waals surface area contributed by atoms with Gasteiger partial charge in [-0.15, -0.1) is 0 Å². The SMILES string of the molecule is COc1ccc(C(=O)c2cccc(C=O)c2C#N)cc1. The van der Waals surface area contributed by atoms with Crippen LogP contribution in [0.15, 0.2) is 42.5 Å². The van der Waals surface area contributed by atoms with Gasteiger partial charge in [0.15, 0.2) is 12.1 Å². The molecular weight excluding hydrogens is 254 g/mol. The van der Waals surface area contributed by atoms with E-state index in [1.807, 2.05) is 6.07 Å². The summed E-state index contributed by atoms with van der Waals surface area (Å²) in [5, 5.41) is 9.13. The van der Waals surface area contributed by atoms with Crippen molar-refractivity contribution in [3.63, 3.8) is 0 Å². The van der Waals surface area contributed by atoms with Crippen LogP contribution in [0.2, 0.25) is 0 Å². The van der Waals surface area contributed by atoms with Crippen LogP contribution in [0, 0.1) is 11.3 Å². The van der Waals surface area contributed by atoms with E-state index in [4.69, 9.17) is 10.00 Å². The molecule has 0 fully saturated rings. The summed E-state index contributed by atoms with van der Waals surface area (Å²) in [4.78, 5) is 23.3. The first-order valence-corrected chi connectivity index (χ1v) is 5.88. The second kappa shape index (κ2) is 5.81. The topological polar surface area (TPSA) is 67.2 Å². The minimum atomic E-state index is -0.298. The quantitative estimate of drug-likeness (QED) is 0.629. The Balaban J connectivity index is 2.48. The van der Waals surface area contributed by atoms with E-state index < -0.39 is 0 Å². The van der Waals surface area contributed by atoms with Crippen LogP contribution in [0.3, 0.4) is 0 Å². The van der Waals surface area contributed by atoms with Crippen LogP contribution in [-0.2, 0) is 0 Å². The zero-order valence-corrected chi connectivity index (χ0v) is 10.8. The van der Waals surface area contributed by atoms with Crippen molar-refractivity contribution in [1.82, 2.24) is 0 Å². The van der Waals surface area contributed by atoms with Crippen molar-refractivity contribution in [3.05, 3.63) is 64.7 Å². The van der Waals surface area contributed by atoms with Crippen molar-refractivity contribution < 1.29 is 14.3 Å². The molecule has 0 aromatic heterocycles. The molecule has 0 heterocycles. The number of carbonyl (C=O) groups excluding carboxylic acids is 2. The van der Waals surface area contributed by atoms with E-state index >= 15 is 0 Å². The Morgan fingerprint density at radius 3 is 2.45 bits per heavy atom. The van der Waals surface area contributed by atoms with Gasteiger partial charge < -0.3 is 4.74 Å². The number of methoxy groups -OCH3 is 1. The maximum absolute atomic E-state index is 12.4. The summed E-state index contributed by atoms with van der Waals surface area (Å²) in [7, 11) is 1.54. The molecule has 98 valence electrons. The molecule has 0 radical (unpaired) electrons. The molecule has 0 saturated heterocycles. The van der Waals surface area contributed by atoms with Gasteiger partial charge in [-0.2, -0.15) is 5.26 Å². The Morgan fingerprint density at radius 1 is 1.20 bits per heavy atom. The summed E-state index contributed by atoms with van der Waals surface area (Å²) in [6.07, 6.45) is 0.573. The Labute approximate surface area is 116 Å². The molecule has 0 unspecified atom stereocenters. The normalized spacial score (nSPS) is 9.60. The first-order chi connectivity index (χ1) is 9.71. The average Bonchev–Trinajstić information content (AvgIpc) is 2.53. The smallest absolute Gasteiger partial charge is 0.194 e. The second-order valence-electron chi connectivity index (χ2n) is 4.06. The number of hydrogen-bond acceptors (Lipinski definition) is 4. The van der Waals surface area contributed by atoms with Crippen molar-refractivity contribution in [2.24, 2.45) is 0 Å². The summed E-state index contributed by atoms with van der Waals surface area (Å²) in [6.45, 7) is 0. The van der Waals surface area contributed by atoms with Crippen LogP contribution in [0.1, 0.15) is 31.8 Å². The summed E-state index contributed by atoms with van der Waals surface area (Å²) in [5.41, 5.74) is 0.975. The molecule has 2 aromatic carbocycles. The van der Waals surface area contributed by atoms with Gasteiger partial charge in [-0.3, -0.25) is 9.59 Å². The van der Waals surface area contributed by atoms with Crippen LogP contribution >= 0.6 is 0 Å². The number of carbonyl (C=O) groups is 2. The standard InChI is InChI=1S/C16H11NO3/c1-20-13-7-5-11(6-8-13)16(19)14-4-2-3-12(10-18)15(14)9-17/h2-8,10H,1H3. The number of ether oxygens (including phenoxy) is 1. The minimum Gasteiger partial charge on any atom is -0.497 e. The number of benzene rings is 2. The van der Waals surface area contributed by atoms with Crippen LogP contribution in [0.4, 0.5) is 0 Å². The van der Waals surface area contributed by atoms with E-state index in [0.717, 1.165) is 0 Å². The highest BCUT2D eigenvalue weighted by atomic mass is 16.5. The van der Waals surface area contributed by atoms with E-state index in [-0.39, 0.29) is 22.5 Å². The molecule has 0 N–H and O–H groups in total. The zero-order valence-electron chi connectivity index (χ0n) is 10.8. The Bertz CT molecular complexity index is 697. The Kier molecular flexibility index (Phi) is 3.92. The molecule has 4 nitrogen and oxygen atoms in total. The van der Waals surface area contributed by atoms with Crippen molar-refractivity contribution >= 4 is 12.1 Å². The van der Waals surface area contributed by atoms with Gasteiger partial charge in [0, 0.05) is 16.7 Å². The lowest BCUT2D eigenvalue weighted by molar-refractivity contribution is 0.103. The van der Waals surface area contributed by atoms with Crippen molar-refractivity contribution in [2.45, 2.75) is 0 Å². The third-order valence-corrected chi connectivity index (χ3v) is 2.93. The molecule has 0 saturated carbocycles. The van der Waals surface area contributed by atoms with E-state index in [0.29, 0.717) is 17.6 Å². The van der Waals surface area contributed by atoms with Crippen LogP contribution < -0.4 is 4.74 Å². The molecule has 0 aliphatic rings. The molecule has 4 heteroatoms. The third kappa shape index (κ3) is 2.43. The van der Waals surface area contributed by atoms with Gasteiger partial charge in [0.05, 0.1) is 12.7 Å². The maximum atomic E-state index is 12.4. The molecule has 0 amide bonds. The van der Waals surface area contributed by atoms with E-state index in [2.05, 4.69) is 0 Å². The van der Waals surface area contributed by atoms with Gasteiger partial charge in [0.1, 0.15) is 11.8 Å². The van der Waals surface area contributed by atoms with Gasteiger partial charge in [0.2, 0.25) is 0 Å². The first kappa shape index (κ1) is 13.5. The van der Waals surface area contributed by atoms with Gasteiger partial charge in [0.25, 0.3) is 0 Å². The van der Waals surface area contributed by atoms with E-state index in [1.165, 1.54) is 19.2 Å². The lowest BCUT2D eigenvalue weighted by Gasteiger charge is -2.06. The predicted molar refractivity (Wildman–Crippen MR) is 73.0 cm³/mol. The van der Waals surface area contributed by atoms with Crippen LogP contribution in [0.5, 0.6) is 5.75 Å². The molecule has 0 spiro atoms. The second-order valence-corrected chi connectivity index (χ2v) is 4.06. The largest absolute Gasteiger partial charge is 0.497 e. The Morgan fingerprint density at radius 2 is 1.90 bits per heavy atom. The van der Waals surface area contributed by atoms with E-state index in [9.17, 15) is 9.59 Å². The fourth-order valence-corrected chi connectivity index (χ4v) is 1.88. The number of rotatable bonds is 4. The fourth-order valence-electron chi connectivity index (χ4n) is 1.88. The number of nitrogens with zero attached hydrogens (tertiary/aromatic N) is 1. The molecule has 0 aliphatic carbocycles. The van der Waals surface area contributed by atoms with Gasteiger partial charge in [-0.1, -0.05) is 12.1 Å². The molecule has 2 aromatic rings. The highest BCUT2D eigenvalue weighted by Gasteiger charge is 2.16. The van der Waals surface area contributed by atoms with Crippen molar-refractivity contribution in [1.29, 1.82) is 5.26 Å². The van der Waals surface area contributed by atoms with Crippen LogP contribution in [-0.4, -0.2) is 19.2 Å². The van der Waals surface area contributed by atoms with Crippen molar-refractivity contribution in [2.75, 3.05) is 7.11 Å². The average molecular weight is 265 g/mol. The minimum absolute atomic E-state index is 0.100. The molecule has 2 rings (SSSR count). The van der Waals surface area contributed by atoms with Gasteiger partial charge in [-0.25, -0.2) is 0 Å². The lowest BCUT2D eigenvalue weighted by atomic mass is 9.96.